The molecule has 0 spiro atoms. The van der Waals surface area contributed by atoms with Gasteiger partial charge in [0.15, 0.2) is 0 Å². The minimum Gasteiger partial charge on any atom is -0.367 e. The lowest BCUT2D eigenvalue weighted by molar-refractivity contribution is 0.311. The quantitative estimate of drug-likeness (QED) is 0.257. The molecule has 214 valence electrons. The second-order valence-electron chi connectivity index (χ2n) is 10.5. The Morgan fingerprint density at radius 3 is 2.45 bits per heavy atom. The lowest BCUT2D eigenvalue weighted by Crippen LogP contribution is -2.44. The summed E-state index contributed by atoms with van der Waals surface area (Å²) in [5.74, 6) is -0.0268. The minimum atomic E-state index is -0.303. The fraction of sp³-hybridized carbons (Fsp3) is 0.250. The van der Waals surface area contributed by atoms with E-state index in [1.807, 2.05) is 50.2 Å². The molecule has 42 heavy (non-hydrogen) atoms. The zero-order valence-corrected chi connectivity index (χ0v) is 24.5. The van der Waals surface area contributed by atoms with Crippen molar-refractivity contribution in [1.29, 1.82) is 0 Å². The SMILES string of the molecule is CCn1c(=O)c(-c2ccc(-c3ccnc(C)c3)cc2Cl)cc2cnc(Nc3ccc(N4CCN(C)CC4)c(F)c3)nc21. The smallest absolute Gasteiger partial charge is 0.260 e. The number of pyridine rings is 2. The summed E-state index contributed by atoms with van der Waals surface area (Å²) in [6.07, 6.45) is 3.43. The molecule has 10 heteroatoms. The molecule has 1 N–H and O–H groups in total. The molecule has 8 nitrogen and oxygen atoms in total. The van der Waals surface area contributed by atoms with Crippen LogP contribution in [0.4, 0.5) is 21.7 Å². The topological polar surface area (TPSA) is 79.2 Å². The van der Waals surface area contributed by atoms with Gasteiger partial charge in [0.1, 0.15) is 11.5 Å². The Balaban J connectivity index is 1.30. The third kappa shape index (κ3) is 5.45. The van der Waals surface area contributed by atoms with E-state index < -0.39 is 0 Å². The summed E-state index contributed by atoms with van der Waals surface area (Å²) in [5, 5.41) is 4.26. The number of halogens is 2. The highest BCUT2D eigenvalue weighted by molar-refractivity contribution is 6.33. The van der Waals surface area contributed by atoms with Crippen LogP contribution in [0.3, 0.4) is 0 Å². The van der Waals surface area contributed by atoms with Crippen LogP contribution in [-0.4, -0.2) is 57.6 Å². The molecule has 0 amide bonds. The molecule has 0 saturated carbocycles. The fourth-order valence-electron chi connectivity index (χ4n) is 5.36. The van der Waals surface area contributed by atoms with Crippen LogP contribution in [0.1, 0.15) is 12.6 Å². The van der Waals surface area contributed by atoms with Crippen molar-refractivity contribution in [2.75, 3.05) is 43.4 Å². The van der Waals surface area contributed by atoms with Crippen molar-refractivity contribution >= 4 is 40.0 Å². The van der Waals surface area contributed by atoms with E-state index in [1.165, 1.54) is 6.07 Å². The summed E-state index contributed by atoms with van der Waals surface area (Å²) in [6.45, 7) is 7.59. The van der Waals surface area contributed by atoms with Gasteiger partial charge in [0.25, 0.3) is 5.56 Å². The van der Waals surface area contributed by atoms with Crippen molar-refractivity contribution in [3.8, 4) is 22.3 Å². The average molecular weight is 584 g/mol. The highest BCUT2D eigenvalue weighted by atomic mass is 35.5. The number of rotatable bonds is 6. The third-order valence-corrected chi connectivity index (χ3v) is 7.99. The lowest BCUT2D eigenvalue weighted by atomic mass is 10.0. The Kier molecular flexibility index (Phi) is 7.62. The normalized spacial score (nSPS) is 14.0. The van der Waals surface area contributed by atoms with Crippen LogP contribution < -0.4 is 15.8 Å². The Morgan fingerprint density at radius 1 is 0.952 bits per heavy atom. The molecule has 0 radical (unpaired) electrons. The molecule has 0 unspecified atom stereocenters. The summed E-state index contributed by atoms with van der Waals surface area (Å²) in [7, 11) is 2.07. The molecule has 6 rings (SSSR count). The van der Waals surface area contributed by atoms with Gasteiger partial charge in [-0.3, -0.25) is 14.3 Å². The minimum absolute atomic E-state index is 0.202. The number of likely N-dealkylation sites (N-methyl/N-ethyl adjacent to an activating group) is 1. The van der Waals surface area contributed by atoms with Gasteiger partial charge in [0.05, 0.1) is 5.69 Å². The zero-order chi connectivity index (χ0) is 29.4. The summed E-state index contributed by atoms with van der Waals surface area (Å²) in [4.78, 5) is 31.3. The van der Waals surface area contributed by atoms with Crippen molar-refractivity contribution in [3.63, 3.8) is 0 Å². The van der Waals surface area contributed by atoms with E-state index in [1.54, 1.807) is 29.1 Å². The number of benzene rings is 2. The van der Waals surface area contributed by atoms with Gasteiger partial charge in [-0.1, -0.05) is 23.7 Å². The summed E-state index contributed by atoms with van der Waals surface area (Å²) < 4.78 is 16.6. The van der Waals surface area contributed by atoms with Crippen molar-refractivity contribution in [1.82, 2.24) is 24.4 Å². The maximum Gasteiger partial charge on any atom is 0.260 e. The molecule has 1 aliphatic rings. The van der Waals surface area contributed by atoms with E-state index in [-0.39, 0.29) is 17.3 Å². The van der Waals surface area contributed by atoms with Crippen LogP contribution in [0.25, 0.3) is 33.3 Å². The van der Waals surface area contributed by atoms with Gasteiger partial charge in [0, 0.05) is 78.0 Å². The summed E-state index contributed by atoms with van der Waals surface area (Å²) >= 11 is 6.73. The molecule has 3 aromatic heterocycles. The van der Waals surface area contributed by atoms with Gasteiger partial charge in [-0.25, -0.2) is 9.37 Å². The zero-order valence-electron chi connectivity index (χ0n) is 23.7. The standard InChI is InChI=1S/C32H31ClFN7O/c1-4-41-30-23(16-26(31(41)42)25-7-5-21(17-27(25)33)22-9-10-35-20(2)15-22)19-36-32(38-30)37-24-6-8-29(28(34)18-24)40-13-11-39(3)12-14-40/h5-10,15-19H,4,11-14H2,1-3H3,(H,36,37,38). The maximum absolute atomic E-state index is 15.0. The molecule has 0 aliphatic carbocycles. The van der Waals surface area contributed by atoms with Crippen molar-refractivity contribution in [2.24, 2.45) is 0 Å². The molecule has 1 fully saturated rings. The molecule has 4 heterocycles. The number of piperazine rings is 1. The predicted molar refractivity (Wildman–Crippen MR) is 167 cm³/mol. The number of aromatic nitrogens is 4. The van der Waals surface area contributed by atoms with Crippen molar-refractivity contribution < 1.29 is 4.39 Å². The van der Waals surface area contributed by atoms with Crippen LogP contribution >= 0.6 is 11.6 Å². The van der Waals surface area contributed by atoms with Gasteiger partial charge >= 0.3 is 0 Å². The first-order valence-corrected chi connectivity index (χ1v) is 14.3. The number of fused-ring (bicyclic) bond motifs is 1. The molecular weight excluding hydrogens is 553 g/mol. The van der Waals surface area contributed by atoms with Gasteiger partial charge in [-0.15, -0.1) is 0 Å². The van der Waals surface area contributed by atoms with Crippen molar-refractivity contribution in [3.05, 3.63) is 93.9 Å². The molecule has 2 aromatic carbocycles. The molecule has 1 saturated heterocycles. The number of nitrogens with one attached hydrogen (secondary N) is 1. The first kappa shape index (κ1) is 27.8. The second kappa shape index (κ2) is 11.5. The van der Waals surface area contributed by atoms with Crippen LogP contribution in [0.15, 0.2) is 71.8 Å². The third-order valence-electron chi connectivity index (χ3n) is 7.68. The van der Waals surface area contributed by atoms with E-state index >= 15 is 4.39 Å². The monoisotopic (exact) mass is 583 g/mol. The number of aryl methyl sites for hydroxylation is 2. The van der Waals surface area contributed by atoms with E-state index in [0.717, 1.165) is 43.0 Å². The van der Waals surface area contributed by atoms with E-state index in [2.05, 4.69) is 37.1 Å². The highest BCUT2D eigenvalue weighted by Crippen LogP contribution is 2.32. The van der Waals surface area contributed by atoms with E-state index in [0.29, 0.717) is 45.1 Å². The van der Waals surface area contributed by atoms with E-state index in [9.17, 15) is 4.79 Å². The van der Waals surface area contributed by atoms with Crippen LogP contribution in [0.5, 0.6) is 0 Å². The Morgan fingerprint density at radius 2 is 1.74 bits per heavy atom. The predicted octanol–water partition coefficient (Wildman–Crippen LogP) is 6.14. The molecule has 0 bridgehead atoms. The molecule has 0 atom stereocenters. The second-order valence-corrected chi connectivity index (χ2v) is 10.9. The largest absolute Gasteiger partial charge is 0.367 e. The lowest BCUT2D eigenvalue weighted by Gasteiger charge is -2.34. The number of hydrogen-bond acceptors (Lipinski definition) is 7. The van der Waals surface area contributed by atoms with Crippen LogP contribution in [-0.2, 0) is 6.54 Å². The van der Waals surface area contributed by atoms with Gasteiger partial charge < -0.3 is 15.1 Å². The van der Waals surface area contributed by atoms with Crippen molar-refractivity contribution in [2.45, 2.75) is 20.4 Å². The molecule has 5 aromatic rings. The van der Waals surface area contributed by atoms with Crippen LogP contribution in [0, 0.1) is 12.7 Å². The molecule has 1 aliphatic heterocycles. The van der Waals surface area contributed by atoms with Gasteiger partial charge in [-0.05, 0) is 74.5 Å². The highest BCUT2D eigenvalue weighted by Gasteiger charge is 2.19. The van der Waals surface area contributed by atoms with Gasteiger partial charge in [0.2, 0.25) is 5.95 Å². The van der Waals surface area contributed by atoms with Crippen LogP contribution in [0.2, 0.25) is 5.02 Å². The maximum atomic E-state index is 15.0. The fourth-order valence-corrected chi connectivity index (χ4v) is 5.64. The average Bonchev–Trinajstić information content (AvgIpc) is 2.98. The Hall–Kier alpha value is -4.34. The Labute approximate surface area is 248 Å². The number of anilines is 3. The van der Waals surface area contributed by atoms with Gasteiger partial charge in [-0.2, -0.15) is 4.98 Å². The Bertz CT molecular complexity index is 1850. The first-order valence-electron chi connectivity index (χ1n) is 13.9. The summed E-state index contributed by atoms with van der Waals surface area (Å²) in [6, 6.07) is 16.4. The number of nitrogens with zero attached hydrogens (tertiary/aromatic N) is 6. The number of hydrogen-bond donors (Lipinski definition) is 1. The molecular formula is C32H31ClFN7O. The van der Waals surface area contributed by atoms with E-state index in [4.69, 9.17) is 11.6 Å². The summed E-state index contributed by atoms with van der Waals surface area (Å²) in [5.41, 5.74) is 5.36. The first-order chi connectivity index (χ1) is 20.3.